The summed E-state index contributed by atoms with van der Waals surface area (Å²) in [5, 5.41) is 2.37. The first-order chi connectivity index (χ1) is 13.3. The third-order valence-electron chi connectivity index (χ3n) is 5.71. The van der Waals surface area contributed by atoms with Gasteiger partial charge in [-0.1, -0.05) is 85.0 Å². The van der Waals surface area contributed by atoms with Crippen LogP contribution in [0.2, 0.25) is 0 Å². The van der Waals surface area contributed by atoms with Gasteiger partial charge in [0.05, 0.1) is 0 Å². The predicted molar refractivity (Wildman–Crippen MR) is 114 cm³/mol. The van der Waals surface area contributed by atoms with Gasteiger partial charge in [-0.2, -0.15) is 0 Å². The van der Waals surface area contributed by atoms with Crippen molar-refractivity contribution in [2.24, 2.45) is 11.8 Å². The minimum atomic E-state index is 0.440. The van der Waals surface area contributed by atoms with Gasteiger partial charge in [-0.3, -0.25) is 0 Å². The van der Waals surface area contributed by atoms with Gasteiger partial charge in [0.1, 0.15) is 11.2 Å². The smallest absolute Gasteiger partial charge is 0.143 e. The molecule has 0 fully saturated rings. The van der Waals surface area contributed by atoms with Crippen LogP contribution in [0.5, 0.6) is 0 Å². The Bertz CT molecular complexity index is 1160. The molecule has 1 aromatic heterocycles. The zero-order chi connectivity index (χ0) is 18.2. The average molecular weight is 350 g/mol. The van der Waals surface area contributed by atoms with Gasteiger partial charge >= 0.3 is 0 Å². The molecule has 1 heterocycles. The maximum Gasteiger partial charge on any atom is 0.143 e. The molecule has 2 aliphatic rings. The number of para-hydroxylation sites is 2. The largest absolute Gasteiger partial charge is 0.455 e. The SMILES string of the molecule is C/C=C1/C=CC=CC1C1C=C(c2cccc3c2oc2ccccc23)C=CC1. The molecule has 0 spiro atoms. The van der Waals surface area contributed by atoms with E-state index in [1.165, 1.54) is 27.5 Å². The van der Waals surface area contributed by atoms with Crippen LogP contribution in [-0.2, 0) is 0 Å². The van der Waals surface area contributed by atoms with Crippen molar-refractivity contribution in [3.8, 4) is 0 Å². The Balaban J connectivity index is 1.62. The molecule has 0 N–H and O–H groups in total. The molecule has 0 saturated heterocycles. The first-order valence-electron chi connectivity index (χ1n) is 9.65. The van der Waals surface area contributed by atoms with Crippen LogP contribution in [0.25, 0.3) is 27.5 Å². The number of furan rings is 1. The lowest BCUT2D eigenvalue weighted by molar-refractivity contribution is 0.543. The third-order valence-corrected chi connectivity index (χ3v) is 5.71. The second-order valence-electron chi connectivity index (χ2n) is 7.26. The normalized spacial score (nSPS) is 23.4. The van der Waals surface area contributed by atoms with Gasteiger partial charge in [0.2, 0.25) is 0 Å². The number of hydrogen-bond donors (Lipinski definition) is 0. The maximum absolute atomic E-state index is 6.25. The summed E-state index contributed by atoms with van der Waals surface area (Å²) < 4.78 is 6.25. The molecule has 0 saturated carbocycles. The third kappa shape index (κ3) is 2.71. The molecular weight excluding hydrogens is 328 g/mol. The lowest BCUT2D eigenvalue weighted by atomic mass is 9.78. The Hall–Kier alpha value is -3.06. The molecule has 0 bridgehead atoms. The van der Waals surface area contributed by atoms with Crippen molar-refractivity contribution >= 4 is 27.5 Å². The Morgan fingerprint density at radius 3 is 2.78 bits per heavy atom. The van der Waals surface area contributed by atoms with Crippen LogP contribution in [0.15, 0.2) is 101 Å². The molecule has 3 aromatic rings. The van der Waals surface area contributed by atoms with E-state index in [1.54, 1.807) is 0 Å². The van der Waals surface area contributed by atoms with Gasteiger partial charge in [-0.05, 0) is 36.5 Å². The van der Waals surface area contributed by atoms with Gasteiger partial charge in [0, 0.05) is 22.3 Å². The van der Waals surface area contributed by atoms with Crippen molar-refractivity contribution in [1.29, 1.82) is 0 Å². The highest BCUT2D eigenvalue weighted by Crippen LogP contribution is 2.39. The fourth-order valence-electron chi connectivity index (χ4n) is 4.36. The summed E-state index contributed by atoms with van der Waals surface area (Å²) in [5.41, 5.74) is 5.78. The molecule has 2 aliphatic carbocycles. The number of benzene rings is 2. The summed E-state index contributed by atoms with van der Waals surface area (Å²) in [6.07, 6.45) is 19.1. The molecular formula is C26H22O. The standard InChI is InChI=1S/C26H22O/c1-2-18-9-3-4-12-21(18)19-10-7-11-20(17-19)22-14-8-15-24-23-13-5-6-16-25(23)27-26(22)24/h2-9,11-17,19,21H,10H2,1H3/b18-2-. The second kappa shape index (κ2) is 6.59. The fraction of sp³-hybridized carbons (Fsp3) is 0.154. The van der Waals surface area contributed by atoms with E-state index < -0.39 is 0 Å². The number of fused-ring (bicyclic) bond motifs is 3. The van der Waals surface area contributed by atoms with Gasteiger partial charge in [-0.15, -0.1) is 0 Å². The lowest BCUT2D eigenvalue weighted by Gasteiger charge is -2.27. The van der Waals surface area contributed by atoms with Crippen LogP contribution in [0.1, 0.15) is 18.9 Å². The monoisotopic (exact) mass is 350 g/mol. The Morgan fingerprint density at radius 2 is 1.85 bits per heavy atom. The molecule has 1 heteroatoms. The molecule has 27 heavy (non-hydrogen) atoms. The number of allylic oxidation sites excluding steroid dienone is 10. The Labute approximate surface area is 159 Å². The molecule has 2 aromatic carbocycles. The van der Waals surface area contributed by atoms with Gasteiger partial charge in [0.25, 0.3) is 0 Å². The van der Waals surface area contributed by atoms with E-state index in [9.17, 15) is 0 Å². The van der Waals surface area contributed by atoms with E-state index in [1.807, 2.05) is 12.1 Å². The Morgan fingerprint density at radius 1 is 0.963 bits per heavy atom. The van der Waals surface area contributed by atoms with Crippen LogP contribution in [0.4, 0.5) is 0 Å². The average Bonchev–Trinajstić information content (AvgIpc) is 3.12. The van der Waals surface area contributed by atoms with E-state index in [2.05, 4.69) is 85.9 Å². The molecule has 132 valence electrons. The van der Waals surface area contributed by atoms with Crippen LogP contribution >= 0.6 is 0 Å². The topological polar surface area (TPSA) is 13.1 Å². The summed E-state index contributed by atoms with van der Waals surface area (Å²) in [6.45, 7) is 2.13. The fourth-order valence-corrected chi connectivity index (χ4v) is 4.36. The van der Waals surface area contributed by atoms with Gasteiger partial charge in [0.15, 0.2) is 0 Å². The van der Waals surface area contributed by atoms with Crippen molar-refractivity contribution in [2.45, 2.75) is 13.3 Å². The van der Waals surface area contributed by atoms with Crippen LogP contribution in [-0.4, -0.2) is 0 Å². The van der Waals surface area contributed by atoms with Crippen molar-refractivity contribution < 1.29 is 4.42 Å². The summed E-state index contributed by atoms with van der Waals surface area (Å²) in [4.78, 5) is 0. The molecule has 2 unspecified atom stereocenters. The maximum atomic E-state index is 6.25. The molecule has 1 nitrogen and oxygen atoms in total. The second-order valence-corrected chi connectivity index (χ2v) is 7.26. The molecule has 2 atom stereocenters. The predicted octanol–water partition coefficient (Wildman–Crippen LogP) is 7.23. The van der Waals surface area contributed by atoms with E-state index in [0.717, 1.165) is 17.6 Å². The summed E-state index contributed by atoms with van der Waals surface area (Å²) in [5.74, 6) is 0.909. The molecule has 0 amide bonds. The van der Waals surface area contributed by atoms with E-state index in [4.69, 9.17) is 4.42 Å². The zero-order valence-corrected chi connectivity index (χ0v) is 15.4. The van der Waals surface area contributed by atoms with E-state index in [0.29, 0.717) is 11.8 Å². The quantitative estimate of drug-likeness (QED) is 0.475. The van der Waals surface area contributed by atoms with Crippen LogP contribution in [0, 0.1) is 11.8 Å². The number of rotatable bonds is 2. The molecule has 0 radical (unpaired) electrons. The minimum Gasteiger partial charge on any atom is -0.455 e. The van der Waals surface area contributed by atoms with Gasteiger partial charge in [-0.25, -0.2) is 0 Å². The van der Waals surface area contributed by atoms with Crippen molar-refractivity contribution in [1.82, 2.24) is 0 Å². The van der Waals surface area contributed by atoms with Crippen molar-refractivity contribution in [3.63, 3.8) is 0 Å². The number of hydrogen-bond acceptors (Lipinski definition) is 1. The van der Waals surface area contributed by atoms with Crippen LogP contribution < -0.4 is 0 Å². The highest BCUT2D eigenvalue weighted by molar-refractivity contribution is 6.08. The van der Waals surface area contributed by atoms with Crippen molar-refractivity contribution in [2.75, 3.05) is 0 Å². The summed E-state index contributed by atoms with van der Waals surface area (Å²) in [6, 6.07) is 14.8. The summed E-state index contributed by atoms with van der Waals surface area (Å²) in [7, 11) is 0. The highest BCUT2D eigenvalue weighted by atomic mass is 16.3. The molecule has 5 rings (SSSR count). The van der Waals surface area contributed by atoms with Crippen molar-refractivity contribution in [3.05, 3.63) is 102 Å². The zero-order valence-electron chi connectivity index (χ0n) is 15.4. The van der Waals surface area contributed by atoms with Crippen LogP contribution in [0.3, 0.4) is 0 Å². The first-order valence-corrected chi connectivity index (χ1v) is 9.65. The van der Waals surface area contributed by atoms with E-state index >= 15 is 0 Å². The Kier molecular flexibility index (Phi) is 3.94. The lowest BCUT2D eigenvalue weighted by Crippen LogP contribution is -2.15. The molecule has 0 aliphatic heterocycles. The minimum absolute atomic E-state index is 0.440. The summed E-state index contributed by atoms with van der Waals surface area (Å²) >= 11 is 0. The van der Waals surface area contributed by atoms with E-state index in [-0.39, 0.29) is 0 Å². The first kappa shape index (κ1) is 16.1. The highest BCUT2D eigenvalue weighted by Gasteiger charge is 2.23. The van der Waals surface area contributed by atoms with Gasteiger partial charge < -0.3 is 4.42 Å².